The zero-order valence-electron chi connectivity index (χ0n) is 23.5. The second-order valence-electron chi connectivity index (χ2n) is 10.6. The lowest BCUT2D eigenvalue weighted by atomic mass is 10.0. The van der Waals surface area contributed by atoms with Crippen molar-refractivity contribution in [2.24, 2.45) is 15.9 Å². The van der Waals surface area contributed by atoms with Gasteiger partial charge in [-0.05, 0) is 86.5 Å². The number of carbonyl (C=O) groups is 1. The number of halogens is 1. The molecule has 5 rings (SSSR count). The van der Waals surface area contributed by atoms with Crippen molar-refractivity contribution in [1.29, 1.82) is 0 Å². The molecule has 0 unspecified atom stereocenters. The van der Waals surface area contributed by atoms with Gasteiger partial charge in [0.15, 0.2) is 0 Å². The molecule has 0 atom stereocenters. The van der Waals surface area contributed by atoms with Crippen molar-refractivity contribution in [3.63, 3.8) is 0 Å². The van der Waals surface area contributed by atoms with Crippen LogP contribution in [0.4, 0.5) is 4.39 Å². The van der Waals surface area contributed by atoms with Gasteiger partial charge in [-0.15, -0.1) is 0 Å². The van der Waals surface area contributed by atoms with Crippen LogP contribution >= 0.6 is 0 Å². The van der Waals surface area contributed by atoms with Gasteiger partial charge in [0.2, 0.25) is 5.91 Å². The molecule has 0 saturated carbocycles. The number of aromatic amines is 1. The molecule has 3 aromatic heterocycles. The highest BCUT2D eigenvalue weighted by molar-refractivity contribution is 6.14. The molecule has 1 aromatic carbocycles. The van der Waals surface area contributed by atoms with E-state index < -0.39 is 0 Å². The lowest BCUT2D eigenvalue weighted by molar-refractivity contribution is -0.121. The van der Waals surface area contributed by atoms with Crippen LogP contribution in [0.5, 0.6) is 0 Å². The zero-order valence-corrected chi connectivity index (χ0v) is 23.5. The molecule has 0 radical (unpaired) electrons. The summed E-state index contributed by atoms with van der Waals surface area (Å²) in [6, 6.07) is 14.4. The van der Waals surface area contributed by atoms with Crippen molar-refractivity contribution in [2.75, 3.05) is 6.54 Å². The van der Waals surface area contributed by atoms with E-state index in [1.807, 2.05) is 45.0 Å². The maximum absolute atomic E-state index is 13.6. The van der Waals surface area contributed by atoms with Crippen LogP contribution < -0.4 is 5.32 Å². The summed E-state index contributed by atoms with van der Waals surface area (Å²) in [7, 11) is 0. The SMILES string of the molecule is C=N/C=C(\C=C(/C)NC(=O)CC(C)C)c1ccc2c(n1)C(c1cc3c(-c4ccc(F)cc4)nccc3[nH]1)=NCCC2. The molecule has 41 heavy (non-hydrogen) atoms. The fraction of sp³-hybridized carbons (Fsp3) is 0.242. The number of hydrogen-bond donors (Lipinski definition) is 2. The van der Waals surface area contributed by atoms with Gasteiger partial charge in [-0.25, -0.2) is 9.37 Å². The van der Waals surface area contributed by atoms with Crippen LogP contribution in [-0.4, -0.2) is 39.8 Å². The standard InChI is InChI=1S/C33H33FN6O/c1-20(2)16-30(41)38-21(3)17-24(19-35-4)27-12-9-22-6-5-14-36-33(32(22)40-27)29-18-26-28(39-29)13-15-37-31(26)23-7-10-25(34)11-8-23/h7-13,15,17-20,39H,4-6,14,16H2,1-3H3,(H,38,41)/b21-17+,24-19+. The summed E-state index contributed by atoms with van der Waals surface area (Å²) in [4.78, 5) is 34.4. The third-order valence-electron chi connectivity index (χ3n) is 6.83. The molecule has 7 nitrogen and oxygen atoms in total. The molecular weight excluding hydrogens is 515 g/mol. The van der Waals surface area contributed by atoms with Crippen LogP contribution in [0.15, 0.2) is 82.7 Å². The molecule has 1 aliphatic rings. The molecule has 4 aromatic rings. The molecule has 0 spiro atoms. The second-order valence-corrected chi connectivity index (χ2v) is 10.6. The largest absolute Gasteiger partial charge is 0.353 e. The van der Waals surface area contributed by atoms with Crippen molar-refractivity contribution in [3.8, 4) is 11.3 Å². The molecule has 0 bridgehead atoms. The molecule has 4 heterocycles. The number of aliphatic imine (C=N–C) groups is 2. The van der Waals surface area contributed by atoms with Crippen LogP contribution in [0.25, 0.3) is 27.7 Å². The molecule has 0 saturated heterocycles. The van der Waals surface area contributed by atoms with Gasteiger partial charge >= 0.3 is 0 Å². The van der Waals surface area contributed by atoms with Gasteiger partial charge in [-0.1, -0.05) is 19.9 Å². The first-order chi connectivity index (χ1) is 19.8. The van der Waals surface area contributed by atoms with Gasteiger partial charge in [0.05, 0.1) is 22.8 Å². The fourth-order valence-corrected chi connectivity index (χ4v) is 5.01. The first kappa shape index (κ1) is 27.8. The van der Waals surface area contributed by atoms with Crippen molar-refractivity contribution in [3.05, 3.63) is 101 Å². The smallest absolute Gasteiger partial charge is 0.224 e. The van der Waals surface area contributed by atoms with Crippen LogP contribution in [-0.2, 0) is 11.2 Å². The highest BCUT2D eigenvalue weighted by Crippen LogP contribution is 2.30. The summed E-state index contributed by atoms with van der Waals surface area (Å²) < 4.78 is 13.6. The van der Waals surface area contributed by atoms with E-state index in [0.29, 0.717) is 24.4 Å². The van der Waals surface area contributed by atoms with E-state index in [-0.39, 0.29) is 17.6 Å². The summed E-state index contributed by atoms with van der Waals surface area (Å²) >= 11 is 0. The number of allylic oxidation sites excluding steroid dienone is 3. The zero-order chi connectivity index (χ0) is 28.9. The minimum absolute atomic E-state index is 0.0303. The highest BCUT2D eigenvalue weighted by Gasteiger charge is 2.21. The number of fused-ring (bicyclic) bond motifs is 2. The first-order valence-corrected chi connectivity index (χ1v) is 13.8. The quantitative estimate of drug-likeness (QED) is 0.190. The number of benzene rings is 1. The van der Waals surface area contributed by atoms with Gasteiger partial charge in [0.25, 0.3) is 0 Å². The van der Waals surface area contributed by atoms with Crippen LogP contribution in [0.2, 0.25) is 0 Å². The first-order valence-electron chi connectivity index (χ1n) is 13.8. The third-order valence-corrected chi connectivity index (χ3v) is 6.83. The monoisotopic (exact) mass is 548 g/mol. The number of H-pyrrole nitrogens is 1. The Labute approximate surface area is 239 Å². The van der Waals surface area contributed by atoms with E-state index in [1.54, 1.807) is 24.5 Å². The number of hydrogen-bond acceptors (Lipinski definition) is 5. The number of carbonyl (C=O) groups excluding carboxylic acids is 1. The van der Waals surface area contributed by atoms with E-state index >= 15 is 0 Å². The summed E-state index contributed by atoms with van der Waals surface area (Å²) in [6.07, 6.45) is 7.47. The van der Waals surface area contributed by atoms with Gasteiger partial charge in [0.1, 0.15) is 11.5 Å². The minimum atomic E-state index is -0.287. The average molecular weight is 549 g/mol. The topological polar surface area (TPSA) is 95.4 Å². The maximum atomic E-state index is 13.6. The van der Waals surface area contributed by atoms with Crippen molar-refractivity contribution < 1.29 is 9.18 Å². The molecule has 0 aliphatic carbocycles. The summed E-state index contributed by atoms with van der Waals surface area (Å²) in [6.45, 7) is 10.2. The second kappa shape index (κ2) is 12.2. The molecule has 8 heteroatoms. The third kappa shape index (κ3) is 6.38. The Balaban J connectivity index is 1.54. The number of amides is 1. The average Bonchev–Trinajstić information content (AvgIpc) is 3.26. The van der Waals surface area contributed by atoms with E-state index in [4.69, 9.17) is 9.98 Å². The number of nitrogens with one attached hydrogen (secondary N) is 2. The normalized spacial score (nSPS) is 14.0. The van der Waals surface area contributed by atoms with Gasteiger partial charge in [-0.2, -0.15) is 0 Å². The maximum Gasteiger partial charge on any atom is 0.224 e. The summed E-state index contributed by atoms with van der Waals surface area (Å²) in [5.41, 5.74) is 8.16. The van der Waals surface area contributed by atoms with Crippen LogP contribution in [0.3, 0.4) is 0 Å². The van der Waals surface area contributed by atoms with Crippen LogP contribution in [0, 0.1) is 11.7 Å². The predicted molar refractivity (Wildman–Crippen MR) is 163 cm³/mol. The van der Waals surface area contributed by atoms with E-state index in [1.165, 1.54) is 12.1 Å². The summed E-state index contributed by atoms with van der Waals surface area (Å²) in [5.74, 6) is -0.0499. The van der Waals surface area contributed by atoms with Crippen molar-refractivity contribution in [2.45, 2.75) is 40.0 Å². The Morgan fingerprint density at radius 2 is 1.98 bits per heavy atom. The van der Waals surface area contributed by atoms with E-state index in [2.05, 4.69) is 33.1 Å². The number of nitrogens with zero attached hydrogens (tertiary/aromatic N) is 4. The number of pyridine rings is 2. The lowest BCUT2D eigenvalue weighted by Crippen LogP contribution is -2.22. The van der Waals surface area contributed by atoms with E-state index in [0.717, 1.165) is 63.2 Å². The Hall–Kier alpha value is -4.72. The summed E-state index contributed by atoms with van der Waals surface area (Å²) in [5, 5.41) is 3.87. The van der Waals surface area contributed by atoms with Gasteiger partial charge in [-0.3, -0.25) is 19.8 Å². The number of aromatic nitrogens is 3. The highest BCUT2D eigenvalue weighted by atomic mass is 19.1. The molecule has 208 valence electrons. The van der Waals surface area contributed by atoms with Crippen LogP contribution in [0.1, 0.15) is 56.3 Å². The minimum Gasteiger partial charge on any atom is -0.353 e. The fourth-order valence-electron chi connectivity index (χ4n) is 5.01. The Bertz CT molecular complexity index is 1690. The molecule has 0 fully saturated rings. The number of aryl methyl sites for hydroxylation is 1. The van der Waals surface area contributed by atoms with Crippen molar-refractivity contribution in [1.82, 2.24) is 20.3 Å². The van der Waals surface area contributed by atoms with E-state index in [9.17, 15) is 9.18 Å². The lowest BCUT2D eigenvalue weighted by Gasteiger charge is -2.12. The Morgan fingerprint density at radius 3 is 2.73 bits per heavy atom. The predicted octanol–water partition coefficient (Wildman–Crippen LogP) is 6.66. The molecule has 2 N–H and O–H groups in total. The Kier molecular flexibility index (Phi) is 8.29. The van der Waals surface area contributed by atoms with Gasteiger partial charge < -0.3 is 10.3 Å². The van der Waals surface area contributed by atoms with Crippen molar-refractivity contribution >= 4 is 34.8 Å². The Morgan fingerprint density at radius 1 is 1.17 bits per heavy atom. The molecular formula is C33H33FN6O. The molecule has 1 aliphatic heterocycles. The van der Waals surface area contributed by atoms with Gasteiger partial charge in [0, 0.05) is 53.1 Å². The number of rotatable bonds is 8. The molecule has 1 amide bonds.